The van der Waals surface area contributed by atoms with E-state index in [2.05, 4.69) is 6.58 Å². The maximum Gasteiger partial charge on any atom is 0.331 e. The standard InChI is InChI=1S/C27H26O4/c1-2-9-24(31-27(29)17-15-22-12-7-4-8-13-22)20-26-19-23(28)18-25(30-26)16-14-21-10-5-3-6-11-21/h2-8,10-18,24,26H,1,9,19-20H2/b16-14+,17-15+/t24-,26+/m1/s1. The van der Waals surface area contributed by atoms with Crippen molar-refractivity contribution >= 4 is 23.9 Å². The number of allylic oxidation sites excluding steroid dienone is 2. The molecule has 0 aromatic heterocycles. The van der Waals surface area contributed by atoms with Crippen LogP contribution in [-0.2, 0) is 19.1 Å². The zero-order valence-electron chi connectivity index (χ0n) is 17.4. The summed E-state index contributed by atoms with van der Waals surface area (Å²) >= 11 is 0. The van der Waals surface area contributed by atoms with Crippen molar-refractivity contribution in [1.82, 2.24) is 0 Å². The smallest absolute Gasteiger partial charge is 0.331 e. The Hall–Kier alpha value is -3.66. The zero-order valence-corrected chi connectivity index (χ0v) is 17.4. The molecule has 0 fully saturated rings. The van der Waals surface area contributed by atoms with Gasteiger partial charge in [0.05, 0.1) is 0 Å². The summed E-state index contributed by atoms with van der Waals surface area (Å²) in [7, 11) is 0. The normalized spacial score (nSPS) is 17.2. The van der Waals surface area contributed by atoms with Crippen molar-refractivity contribution in [2.75, 3.05) is 0 Å². The summed E-state index contributed by atoms with van der Waals surface area (Å²) in [6.45, 7) is 3.75. The first kappa shape index (κ1) is 22.0. The second-order valence-electron chi connectivity index (χ2n) is 7.26. The molecule has 0 amide bonds. The van der Waals surface area contributed by atoms with E-state index in [1.54, 1.807) is 18.2 Å². The number of ether oxygens (including phenoxy) is 2. The highest BCUT2D eigenvalue weighted by atomic mass is 16.5. The maximum atomic E-state index is 12.3. The SMILES string of the molecule is C=CC[C@H](C[C@@H]1CC(=O)C=C(/C=C/c2ccccc2)O1)OC(=O)/C=C/c1ccccc1. The van der Waals surface area contributed by atoms with E-state index < -0.39 is 12.1 Å². The van der Waals surface area contributed by atoms with Gasteiger partial charge in [-0.05, 0) is 23.3 Å². The molecule has 0 N–H and O–H groups in total. The van der Waals surface area contributed by atoms with Crippen LogP contribution in [0.3, 0.4) is 0 Å². The Balaban J connectivity index is 1.58. The number of rotatable bonds is 9. The van der Waals surface area contributed by atoms with Crippen LogP contribution in [0.4, 0.5) is 0 Å². The average molecular weight is 415 g/mol. The van der Waals surface area contributed by atoms with Gasteiger partial charge in [0.2, 0.25) is 0 Å². The quantitative estimate of drug-likeness (QED) is 0.307. The number of hydrogen-bond donors (Lipinski definition) is 0. The van der Waals surface area contributed by atoms with Gasteiger partial charge >= 0.3 is 5.97 Å². The molecule has 158 valence electrons. The molecule has 0 bridgehead atoms. The van der Waals surface area contributed by atoms with Gasteiger partial charge in [-0.25, -0.2) is 4.79 Å². The molecule has 1 aliphatic heterocycles. The highest BCUT2D eigenvalue weighted by molar-refractivity contribution is 5.91. The summed E-state index contributed by atoms with van der Waals surface area (Å²) in [5.74, 6) is 0.0759. The first-order valence-corrected chi connectivity index (χ1v) is 10.3. The van der Waals surface area contributed by atoms with Gasteiger partial charge in [-0.2, -0.15) is 0 Å². The second-order valence-corrected chi connectivity index (χ2v) is 7.26. The Morgan fingerprint density at radius 2 is 1.68 bits per heavy atom. The van der Waals surface area contributed by atoms with Gasteiger partial charge in [0.1, 0.15) is 18.0 Å². The molecule has 3 rings (SSSR count). The molecule has 0 aliphatic carbocycles. The van der Waals surface area contributed by atoms with Gasteiger partial charge < -0.3 is 9.47 Å². The lowest BCUT2D eigenvalue weighted by Gasteiger charge is -2.26. The van der Waals surface area contributed by atoms with Crippen LogP contribution in [0.2, 0.25) is 0 Å². The van der Waals surface area contributed by atoms with Crippen LogP contribution in [-0.4, -0.2) is 24.0 Å². The van der Waals surface area contributed by atoms with E-state index in [0.29, 0.717) is 18.6 Å². The summed E-state index contributed by atoms with van der Waals surface area (Å²) in [4.78, 5) is 24.4. The van der Waals surface area contributed by atoms with E-state index in [1.807, 2.05) is 66.7 Å². The molecular formula is C27H26O4. The minimum absolute atomic E-state index is 0.00313. The number of hydrogen-bond acceptors (Lipinski definition) is 4. The van der Waals surface area contributed by atoms with Crippen LogP contribution in [0.1, 0.15) is 30.4 Å². The van der Waals surface area contributed by atoms with Crippen LogP contribution >= 0.6 is 0 Å². The number of benzene rings is 2. The predicted octanol–water partition coefficient (Wildman–Crippen LogP) is 5.53. The summed E-state index contributed by atoms with van der Waals surface area (Å²) in [6.07, 6.45) is 10.4. The largest absolute Gasteiger partial charge is 0.490 e. The first-order chi connectivity index (χ1) is 15.1. The Labute approximate surface area is 183 Å². The lowest BCUT2D eigenvalue weighted by atomic mass is 10.0. The Morgan fingerprint density at radius 3 is 2.32 bits per heavy atom. The van der Waals surface area contributed by atoms with Crippen molar-refractivity contribution in [3.05, 3.63) is 108 Å². The molecule has 31 heavy (non-hydrogen) atoms. The van der Waals surface area contributed by atoms with Crippen LogP contribution in [0.15, 0.2) is 97.3 Å². The van der Waals surface area contributed by atoms with Crippen LogP contribution in [0.5, 0.6) is 0 Å². The first-order valence-electron chi connectivity index (χ1n) is 10.3. The number of carbonyl (C=O) groups excluding carboxylic acids is 2. The molecule has 1 aliphatic rings. The molecule has 0 saturated heterocycles. The van der Waals surface area contributed by atoms with Crippen LogP contribution < -0.4 is 0 Å². The zero-order chi connectivity index (χ0) is 21.9. The molecular weight excluding hydrogens is 388 g/mol. The molecule has 0 spiro atoms. The lowest BCUT2D eigenvalue weighted by Crippen LogP contribution is -2.28. The van der Waals surface area contributed by atoms with Crippen LogP contribution in [0.25, 0.3) is 12.2 Å². The molecule has 0 unspecified atom stereocenters. The Bertz CT molecular complexity index is 971. The van der Waals surface area contributed by atoms with Gasteiger partial charge in [0.15, 0.2) is 5.78 Å². The number of esters is 1. The summed E-state index contributed by atoms with van der Waals surface area (Å²) in [5.41, 5.74) is 1.94. The fourth-order valence-electron chi connectivity index (χ4n) is 3.28. The van der Waals surface area contributed by atoms with Crippen molar-refractivity contribution in [3.8, 4) is 0 Å². The molecule has 1 heterocycles. The monoisotopic (exact) mass is 414 g/mol. The molecule has 2 aromatic rings. The van der Waals surface area contributed by atoms with Gasteiger partial charge in [0, 0.05) is 31.4 Å². The Morgan fingerprint density at radius 1 is 1.03 bits per heavy atom. The highest BCUT2D eigenvalue weighted by Crippen LogP contribution is 2.22. The van der Waals surface area contributed by atoms with Gasteiger partial charge in [-0.15, -0.1) is 6.58 Å². The van der Waals surface area contributed by atoms with E-state index in [1.165, 1.54) is 12.2 Å². The molecule has 4 heteroatoms. The van der Waals surface area contributed by atoms with Crippen molar-refractivity contribution in [2.24, 2.45) is 0 Å². The average Bonchev–Trinajstić information content (AvgIpc) is 2.77. The molecule has 2 aromatic carbocycles. The van der Waals surface area contributed by atoms with E-state index in [9.17, 15) is 9.59 Å². The number of carbonyl (C=O) groups is 2. The third kappa shape index (κ3) is 7.59. The molecule has 2 atom stereocenters. The molecule has 4 nitrogen and oxygen atoms in total. The second kappa shape index (κ2) is 11.5. The fraction of sp³-hybridized carbons (Fsp3) is 0.185. The van der Waals surface area contributed by atoms with Gasteiger partial charge in [-0.1, -0.05) is 72.8 Å². The molecule has 0 radical (unpaired) electrons. The van der Waals surface area contributed by atoms with Crippen molar-refractivity contribution in [2.45, 2.75) is 31.5 Å². The molecule has 0 saturated carbocycles. The third-order valence-corrected chi connectivity index (χ3v) is 4.72. The van der Waals surface area contributed by atoms with Gasteiger partial charge in [-0.3, -0.25) is 4.79 Å². The maximum absolute atomic E-state index is 12.3. The van der Waals surface area contributed by atoms with E-state index >= 15 is 0 Å². The summed E-state index contributed by atoms with van der Waals surface area (Å²) in [5, 5.41) is 0. The van der Waals surface area contributed by atoms with Crippen molar-refractivity contribution in [3.63, 3.8) is 0 Å². The topological polar surface area (TPSA) is 52.6 Å². The fourth-order valence-corrected chi connectivity index (χ4v) is 3.28. The van der Waals surface area contributed by atoms with E-state index in [4.69, 9.17) is 9.47 Å². The minimum atomic E-state index is -0.433. The predicted molar refractivity (Wildman–Crippen MR) is 123 cm³/mol. The van der Waals surface area contributed by atoms with E-state index in [0.717, 1.165) is 11.1 Å². The highest BCUT2D eigenvalue weighted by Gasteiger charge is 2.25. The lowest BCUT2D eigenvalue weighted by molar-refractivity contribution is -0.144. The summed E-state index contributed by atoms with van der Waals surface area (Å²) < 4.78 is 11.6. The third-order valence-electron chi connectivity index (χ3n) is 4.72. The minimum Gasteiger partial charge on any atom is -0.490 e. The van der Waals surface area contributed by atoms with Crippen LogP contribution in [0, 0.1) is 0 Å². The van der Waals surface area contributed by atoms with Crippen molar-refractivity contribution in [1.29, 1.82) is 0 Å². The van der Waals surface area contributed by atoms with Gasteiger partial charge in [0.25, 0.3) is 0 Å². The van der Waals surface area contributed by atoms with E-state index in [-0.39, 0.29) is 18.3 Å². The Kier molecular flexibility index (Phi) is 8.18. The summed E-state index contributed by atoms with van der Waals surface area (Å²) in [6, 6.07) is 19.3. The number of ketones is 1. The van der Waals surface area contributed by atoms with Crippen molar-refractivity contribution < 1.29 is 19.1 Å².